The molecule has 4 rings (SSSR count). The molecule has 1 aliphatic rings. The summed E-state index contributed by atoms with van der Waals surface area (Å²) in [5, 5.41) is 0.706. The Morgan fingerprint density at radius 2 is 2.30 bits per heavy atom. The molecule has 3 aromatic rings. The van der Waals surface area contributed by atoms with E-state index in [1.165, 1.54) is 0 Å². The first-order valence-electron chi connectivity index (χ1n) is 9.13. The van der Waals surface area contributed by atoms with Gasteiger partial charge < -0.3 is 24.5 Å². The summed E-state index contributed by atoms with van der Waals surface area (Å²) in [6.45, 7) is -0.0839. The van der Waals surface area contributed by atoms with Crippen molar-refractivity contribution in [2.45, 2.75) is 31.3 Å². The minimum absolute atomic E-state index is 0.0425. The molecule has 9 nitrogen and oxygen atoms in total. The zero-order valence-electron chi connectivity index (χ0n) is 15.8. The van der Waals surface area contributed by atoms with E-state index in [0.29, 0.717) is 23.9 Å². The van der Waals surface area contributed by atoms with Gasteiger partial charge in [0.15, 0.2) is 5.60 Å². The number of fused-ring (bicyclic) bond motifs is 1. The normalized spacial score (nSPS) is 20.7. The smallest absolute Gasteiger partial charge is 0.430 e. The number of nitrogens with two attached hydrogens (primary N) is 1. The van der Waals surface area contributed by atoms with Gasteiger partial charge in [-0.25, -0.2) is 9.78 Å². The summed E-state index contributed by atoms with van der Waals surface area (Å²) in [6, 6.07) is 5.32. The van der Waals surface area contributed by atoms with Crippen molar-refractivity contribution in [1.29, 1.82) is 0 Å². The fourth-order valence-electron chi connectivity index (χ4n) is 3.29. The second kappa shape index (κ2) is 8.18. The molecule has 154 valence electrons. The Morgan fingerprint density at radius 1 is 1.43 bits per heavy atom. The minimum atomic E-state index is -1.07. The molecule has 0 aromatic carbocycles. The maximum atomic E-state index is 12.0. The monoisotopic (exact) mass is 427 g/mol. The quantitative estimate of drug-likeness (QED) is 0.375. The predicted molar refractivity (Wildman–Crippen MR) is 108 cm³/mol. The maximum Gasteiger partial charge on any atom is 0.508 e. The summed E-state index contributed by atoms with van der Waals surface area (Å²) < 4.78 is 18.2. The average molecular weight is 428 g/mol. The van der Waals surface area contributed by atoms with Gasteiger partial charge in [0.25, 0.3) is 0 Å². The Balaban J connectivity index is 1.40. The third-order valence-electron chi connectivity index (χ3n) is 4.81. The Hall–Kier alpha value is -3.35. The highest BCUT2D eigenvalue weighted by molar-refractivity contribution is 6.28. The Labute approximate surface area is 177 Å². The number of carbonyl (C=O) groups is 1. The van der Waals surface area contributed by atoms with Gasteiger partial charge in [-0.1, -0.05) is 12.0 Å². The van der Waals surface area contributed by atoms with E-state index >= 15 is 0 Å². The Morgan fingerprint density at radius 3 is 3.07 bits per heavy atom. The third kappa shape index (κ3) is 4.01. The molecule has 0 saturated carbocycles. The number of halogens is 1. The fraction of sp³-hybridized carbons (Fsp3) is 0.300. The molecule has 0 bridgehead atoms. The highest BCUT2D eigenvalue weighted by Gasteiger charge is 2.41. The van der Waals surface area contributed by atoms with Crippen LogP contribution in [-0.4, -0.2) is 37.9 Å². The number of rotatable bonds is 5. The number of hydrogen-bond acceptors (Lipinski definition) is 8. The number of nitrogens with zero attached hydrogens (tertiary/aromatic N) is 4. The van der Waals surface area contributed by atoms with E-state index in [1.54, 1.807) is 41.4 Å². The third-order valence-corrected chi connectivity index (χ3v) is 4.98. The van der Waals surface area contributed by atoms with Crippen LogP contribution in [0, 0.1) is 12.3 Å². The fourth-order valence-corrected chi connectivity index (χ4v) is 3.46. The van der Waals surface area contributed by atoms with Gasteiger partial charge in [-0.15, -0.1) is 6.42 Å². The summed E-state index contributed by atoms with van der Waals surface area (Å²) in [5.74, 6) is 2.89. The van der Waals surface area contributed by atoms with E-state index in [9.17, 15) is 4.79 Å². The van der Waals surface area contributed by atoms with Crippen molar-refractivity contribution < 1.29 is 19.0 Å². The van der Waals surface area contributed by atoms with Crippen molar-refractivity contribution in [3.05, 3.63) is 47.6 Å². The van der Waals surface area contributed by atoms with E-state index in [4.69, 9.17) is 38.0 Å². The summed E-state index contributed by atoms with van der Waals surface area (Å²) in [7, 11) is 0. The zero-order valence-corrected chi connectivity index (χ0v) is 16.6. The van der Waals surface area contributed by atoms with Crippen LogP contribution in [0.4, 0.5) is 10.6 Å². The summed E-state index contributed by atoms with van der Waals surface area (Å²) in [5.41, 5.74) is 6.12. The predicted octanol–water partition coefficient (Wildman–Crippen LogP) is 3.10. The van der Waals surface area contributed by atoms with Crippen molar-refractivity contribution in [3.63, 3.8) is 0 Å². The van der Waals surface area contributed by atoms with Gasteiger partial charge >= 0.3 is 6.16 Å². The molecule has 0 unspecified atom stereocenters. The lowest BCUT2D eigenvalue weighted by Gasteiger charge is -2.23. The standard InChI is InChI=1S/C20H18ClN5O4/c1-2-20(12-29-19(27)28-11-13-4-3-8-23-10-13)7-5-15(30-20)26-9-6-14-16(22)24-18(21)25-17(14)26/h1,3-4,6,8-10,15H,5,7,11-12H2,(H2,22,24,25)/t15-,20+/m1/s1. The van der Waals surface area contributed by atoms with Gasteiger partial charge in [-0.3, -0.25) is 4.98 Å². The highest BCUT2D eigenvalue weighted by Crippen LogP contribution is 2.38. The number of terminal acetylenes is 1. The molecule has 2 N–H and O–H groups in total. The number of aromatic nitrogens is 4. The van der Waals surface area contributed by atoms with Crippen molar-refractivity contribution in [2.24, 2.45) is 0 Å². The molecule has 1 aliphatic heterocycles. The number of pyridine rings is 1. The van der Waals surface area contributed by atoms with E-state index in [2.05, 4.69) is 20.9 Å². The Bertz CT molecular complexity index is 1110. The molecular formula is C20H18ClN5O4. The summed E-state index contributed by atoms with van der Waals surface area (Å²) in [6.07, 6.45) is 10.5. The minimum Gasteiger partial charge on any atom is -0.430 e. The molecule has 0 amide bonds. The van der Waals surface area contributed by atoms with E-state index in [-0.39, 0.29) is 24.3 Å². The van der Waals surface area contributed by atoms with Crippen LogP contribution in [0.1, 0.15) is 24.6 Å². The van der Waals surface area contributed by atoms with Crippen LogP contribution in [0.25, 0.3) is 11.0 Å². The molecule has 2 atom stereocenters. The second-order valence-electron chi connectivity index (χ2n) is 6.78. The molecule has 30 heavy (non-hydrogen) atoms. The van der Waals surface area contributed by atoms with Gasteiger partial charge in [0, 0.05) is 24.2 Å². The summed E-state index contributed by atoms with van der Waals surface area (Å²) in [4.78, 5) is 24.1. The lowest BCUT2D eigenvalue weighted by molar-refractivity contribution is -0.0736. The first-order chi connectivity index (χ1) is 14.5. The molecule has 0 aliphatic carbocycles. The van der Waals surface area contributed by atoms with Gasteiger partial charge in [-0.2, -0.15) is 4.98 Å². The van der Waals surface area contributed by atoms with Crippen LogP contribution in [-0.2, 0) is 20.8 Å². The lowest BCUT2D eigenvalue weighted by atomic mass is 10.0. The molecule has 1 fully saturated rings. The van der Waals surface area contributed by atoms with Gasteiger partial charge in [0.1, 0.15) is 30.9 Å². The summed E-state index contributed by atoms with van der Waals surface area (Å²) >= 11 is 5.94. The number of hydrogen-bond donors (Lipinski definition) is 1. The van der Waals surface area contributed by atoms with Crippen LogP contribution in [0.3, 0.4) is 0 Å². The van der Waals surface area contributed by atoms with Crippen LogP contribution in [0.15, 0.2) is 36.8 Å². The number of nitrogen functional groups attached to an aromatic ring is 1. The molecular weight excluding hydrogens is 410 g/mol. The SMILES string of the molecule is C#C[C@@]1(COC(=O)OCc2cccnc2)CC[C@H](n2ccc3c(N)nc(Cl)nc32)O1. The maximum absolute atomic E-state index is 12.0. The van der Waals surface area contributed by atoms with Crippen molar-refractivity contribution in [2.75, 3.05) is 12.3 Å². The largest absolute Gasteiger partial charge is 0.508 e. The number of ether oxygens (including phenoxy) is 3. The molecule has 1 saturated heterocycles. The Kier molecular flexibility index (Phi) is 5.44. The number of carbonyl (C=O) groups excluding carboxylic acids is 1. The van der Waals surface area contributed by atoms with Crippen molar-refractivity contribution in [1.82, 2.24) is 19.5 Å². The van der Waals surface area contributed by atoms with Crippen LogP contribution in [0.5, 0.6) is 0 Å². The highest BCUT2D eigenvalue weighted by atomic mass is 35.5. The first kappa shape index (κ1) is 19.9. The lowest BCUT2D eigenvalue weighted by Crippen LogP contribution is -2.34. The van der Waals surface area contributed by atoms with Crippen LogP contribution < -0.4 is 5.73 Å². The van der Waals surface area contributed by atoms with E-state index < -0.39 is 18.0 Å². The number of anilines is 1. The van der Waals surface area contributed by atoms with Gasteiger partial charge in [-0.05, 0) is 36.6 Å². The van der Waals surface area contributed by atoms with Crippen LogP contribution >= 0.6 is 11.6 Å². The molecule has 0 spiro atoms. The molecule has 3 aromatic heterocycles. The zero-order chi connectivity index (χ0) is 21.1. The average Bonchev–Trinajstić information content (AvgIpc) is 3.36. The van der Waals surface area contributed by atoms with E-state index in [0.717, 1.165) is 5.56 Å². The van der Waals surface area contributed by atoms with Gasteiger partial charge in [0.05, 0.1) is 5.39 Å². The topological polar surface area (TPSA) is 114 Å². The first-order valence-corrected chi connectivity index (χ1v) is 9.51. The van der Waals surface area contributed by atoms with E-state index in [1.807, 2.05) is 0 Å². The molecule has 4 heterocycles. The van der Waals surface area contributed by atoms with Crippen LogP contribution in [0.2, 0.25) is 5.28 Å². The second-order valence-corrected chi connectivity index (χ2v) is 7.11. The molecule has 0 radical (unpaired) electrons. The van der Waals surface area contributed by atoms with Gasteiger partial charge in [0.2, 0.25) is 5.28 Å². The molecule has 10 heteroatoms. The van der Waals surface area contributed by atoms with Crippen molar-refractivity contribution in [3.8, 4) is 12.3 Å². The van der Waals surface area contributed by atoms with Crippen molar-refractivity contribution >= 4 is 34.6 Å².